The summed E-state index contributed by atoms with van der Waals surface area (Å²) in [4.78, 5) is 23.0. The van der Waals surface area contributed by atoms with Gasteiger partial charge in [0.1, 0.15) is 6.54 Å². The Hall–Kier alpha value is -1.92. The third-order valence-electron chi connectivity index (χ3n) is 2.92. The molecule has 0 aromatic carbocycles. The van der Waals surface area contributed by atoms with E-state index in [2.05, 4.69) is 20.4 Å². The van der Waals surface area contributed by atoms with Gasteiger partial charge >= 0.3 is 5.97 Å². The van der Waals surface area contributed by atoms with Gasteiger partial charge in [0.2, 0.25) is 5.91 Å². The summed E-state index contributed by atoms with van der Waals surface area (Å²) in [5.41, 5.74) is 0.0639. The average molecular weight is 268 g/mol. The number of hydrogen-bond acceptors (Lipinski definition) is 5. The van der Waals surface area contributed by atoms with Crippen molar-refractivity contribution in [2.75, 3.05) is 7.11 Å². The SMILES string of the molecule is COC(=O)c1cn(CC(=O)N[C@@H](C)C(C)(C)C)nn1. The molecule has 0 saturated heterocycles. The number of rotatable bonds is 4. The van der Waals surface area contributed by atoms with Crippen LogP contribution >= 0.6 is 0 Å². The third-order valence-corrected chi connectivity index (χ3v) is 2.92. The average Bonchev–Trinajstić information content (AvgIpc) is 2.74. The van der Waals surface area contributed by atoms with Crippen LogP contribution in [-0.4, -0.2) is 40.0 Å². The van der Waals surface area contributed by atoms with Gasteiger partial charge in [0, 0.05) is 6.04 Å². The molecule has 1 aromatic rings. The van der Waals surface area contributed by atoms with Crippen LogP contribution in [0, 0.1) is 5.41 Å². The second-order valence-electron chi connectivity index (χ2n) is 5.45. The number of carbonyl (C=O) groups is 2. The molecule has 19 heavy (non-hydrogen) atoms. The number of carbonyl (C=O) groups excluding carboxylic acids is 2. The van der Waals surface area contributed by atoms with E-state index >= 15 is 0 Å². The van der Waals surface area contributed by atoms with Gasteiger partial charge in [-0.2, -0.15) is 0 Å². The van der Waals surface area contributed by atoms with Gasteiger partial charge in [-0.3, -0.25) is 4.79 Å². The van der Waals surface area contributed by atoms with Gasteiger partial charge in [-0.1, -0.05) is 26.0 Å². The Morgan fingerprint density at radius 2 is 2.11 bits per heavy atom. The van der Waals surface area contributed by atoms with Crippen LogP contribution in [0.1, 0.15) is 38.2 Å². The van der Waals surface area contributed by atoms with E-state index in [0.717, 1.165) is 0 Å². The van der Waals surface area contributed by atoms with Crippen molar-refractivity contribution in [3.8, 4) is 0 Å². The number of nitrogens with zero attached hydrogens (tertiary/aromatic N) is 3. The standard InChI is InChI=1S/C12H20N4O3/c1-8(12(2,3)4)13-10(17)7-16-6-9(14-15-16)11(18)19-5/h6,8H,7H2,1-5H3,(H,13,17)/t8-/m0/s1. The lowest BCUT2D eigenvalue weighted by Gasteiger charge is -2.27. The van der Waals surface area contributed by atoms with Crippen LogP contribution in [-0.2, 0) is 16.1 Å². The highest BCUT2D eigenvalue weighted by Crippen LogP contribution is 2.18. The topological polar surface area (TPSA) is 86.1 Å². The number of amides is 1. The molecule has 7 nitrogen and oxygen atoms in total. The van der Waals surface area contributed by atoms with Gasteiger partial charge in [0.05, 0.1) is 13.3 Å². The van der Waals surface area contributed by atoms with Crippen LogP contribution in [0.3, 0.4) is 0 Å². The molecule has 7 heteroatoms. The molecular weight excluding hydrogens is 248 g/mol. The maximum Gasteiger partial charge on any atom is 0.360 e. The van der Waals surface area contributed by atoms with Crippen molar-refractivity contribution in [3.05, 3.63) is 11.9 Å². The minimum atomic E-state index is -0.574. The minimum Gasteiger partial charge on any atom is -0.464 e. The molecule has 1 rings (SSSR count). The number of methoxy groups -OCH3 is 1. The van der Waals surface area contributed by atoms with Crippen LogP contribution in [0.25, 0.3) is 0 Å². The molecule has 0 bridgehead atoms. The lowest BCUT2D eigenvalue weighted by molar-refractivity contribution is -0.123. The summed E-state index contributed by atoms with van der Waals surface area (Å²) in [6.07, 6.45) is 1.38. The van der Waals surface area contributed by atoms with Crippen molar-refractivity contribution in [1.29, 1.82) is 0 Å². The molecule has 0 radical (unpaired) electrons. The van der Waals surface area contributed by atoms with Gasteiger partial charge in [0.25, 0.3) is 0 Å². The predicted molar refractivity (Wildman–Crippen MR) is 68.4 cm³/mol. The number of nitrogens with one attached hydrogen (secondary N) is 1. The molecular formula is C12H20N4O3. The summed E-state index contributed by atoms with van der Waals surface area (Å²) in [6, 6.07) is 0.0311. The first-order valence-corrected chi connectivity index (χ1v) is 6.02. The molecule has 0 aliphatic rings. The highest BCUT2D eigenvalue weighted by atomic mass is 16.5. The Labute approximate surface area is 112 Å². The molecule has 0 spiro atoms. The van der Waals surface area contributed by atoms with E-state index in [0.29, 0.717) is 0 Å². The zero-order chi connectivity index (χ0) is 14.6. The lowest BCUT2D eigenvalue weighted by atomic mass is 9.88. The quantitative estimate of drug-likeness (QED) is 0.809. The number of ether oxygens (including phenoxy) is 1. The van der Waals surface area contributed by atoms with Gasteiger partial charge < -0.3 is 10.1 Å². The Balaban J connectivity index is 2.58. The summed E-state index contributed by atoms with van der Waals surface area (Å²) in [7, 11) is 1.26. The third kappa shape index (κ3) is 4.35. The van der Waals surface area contributed by atoms with Crippen LogP contribution in [0.2, 0.25) is 0 Å². The van der Waals surface area contributed by atoms with E-state index in [4.69, 9.17) is 0 Å². The van der Waals surface area contributed by atoms with Gasteiger partial charge in [0.15, 0.2) is 5.69 Å². The molecule has 1 atom stereocenters. The molecule has 0 saturated carbocycles. The first-order chi connectivity index (χ1) is 8.74. The monoisotopic (exact) mass is 268 g/mol. The Bertz CT molecular complexity index is 462. The fraction of sp³-hybridized carbons (Fsp3) is 0.667. The van der Waals surface area contributed by atoms with E-state index in [9.17, 15) is 9.59 Å². The summed E-state index contributed by atoms with van der Waals surface area (Å²) in [5, 5.41) is 10.2. The fourth-order valence-corrected chi connectivity index (χ4v) is 1.22. The van der Waals surface area contributed by atoms with E-state index < -0.39 is 5.97 Å². The smallest absolute Gasteiger partial charge is 0.360 e. The summed E-state index contributed by atoms with van der Waals surface area (Å²) in [5.74, 6) is -0.751. The Morgan fingerprint density at radius 3 is 2.63 bits per heavy atom. The maximum atomic E-state index is 11.8. The van der Waals surface area contributed by atoms with E-state index in [1.165, 1.54) is 18.0 Å². The normalized spacial score (nSPS) is 12.9. The molecule has 106 valence electrons. The molecule has 0 fully saturated rings. The van der Waals surface area contributed by atoms with Crippen molar-refractivity contribution < 1.29 is 14.3 Å². The largest absolute Gasteiger partial charge is 0.464 e. The summed E-state index contributed by atoms with van der Waals surface area (Å²) < 4.78 is 5.81. The number of esters is 1. The van der Waals surface area contributed by atoms with Gasteiger partial charge in [-0.15, -0.1) is 5.10 Å². The number of aromatic nitrogens is 3. The van der Waals surface area contributed by atoms with Crippen LogP contribution in [0.5, 0.6) is 0 Å². The predicted octanol–water partition coefficient (Wildman–Crippen LogP) is 0.615. The van der Waals surface area contributed by atoms with E-state index in [-0.39, 0.29) is 29.6 Å². The van der Waals surface area contributed by atoms with Crippen LogP contribution < -0.4 is 5.32 Å². The first-order valence-electron chi connectivity index (χ1n) is 6.02. The van der Waals surface area contributed by atoms with Crippen molar-refractivity contribution >= 4 is 11.9 Å². The number of hydrogen-bond donors (Lipinski definition) is 1. The van der Waals surface area contributed by atoms with E-state index in [1.807, 2.05) is 27.7 Å². The lowest BCUT2D eigenvalue weighted by Crippen LogP contribution is -2.42. The van der Waals surface area contributed by atoms with Crippen molar-refractivity contribution in [1.82, 2.24) is 20.3 Å². The Kier molecular flexibility index (Phi) is 4.63. The zero-order valence-electron chi connectivity index (χ0n) is 11.9. The van der Waals surface area contributed by atoms with Crippen LogP contribution in [0.4, 0.5) is 0 Å². The zero-order valence-corrected chi connectivity index (χ0v) is 11.9. The summed E-state index contributed by atoms with van der Waals surface area (Å²) >= 11 is 0. The van der Waals surface area contributed by atoms with Crippen molar-refractivity contribution in [3.63, 3.8) is 0 Å². The van der Waals surface area contributed by atoms with Crippen LogP contribution in [0.15, 0.2) is 6.20 Å². The molecule has 0 unspecified atom stereocenters. The highest BCUT2D eigenvalue weighted by Gasteiger charge is 2.22. The van der Waals surface area contributed by atoms with Gasteiger partial charge in [-0.05, 0) is 12.3 Å². The summed E-state index contributed by atoms with van der Waals surface area (Å²) in [6.45, 7) is 8.10. The highest BCUT2D eigenvalue weighted by molar-refractivity contribution is 5.86. The minimum absolute atomic E-state index is 0.0183. The molecule has 1 N–H and O–H groups in total. The molecule has 1 aromatic heterocycles. The molecule has 1 amide bonds. The fourth-order valence-electron chi connectivity index (χ4n) is 1.22. The first kappa shape index (κ1) is 15.1. The van der Waals surface area contributed by atoms with E-state index in [1.54, 1.807) is 0 Å². The molecule has 0 aliphatic carbocycles. The molecule has 0 aliphatic heterocycles. The second-order valence-corrected chi connectivity index (χ2v) is 5.45. The van der Waals surface area contributed by atoms with Crippen molar-refractivity contribution in [2.24, 2.45) is 5.41 Å². The maximum absolute atomic E-state index is 11.8. The van der Waals surface area contributed by atoms with Crippen molar-refractivity contribution in [2.45, 2.75) is 40.3 Å². The molecule has 1 heterocycles. The second kappa shape index (κ2) is 5.81. The Morgan fingerprint density at radius 1 is 1.47 bits per heavy atom. The van der Waals surface area contributed by atoms with Gasteiger partial charge in [-0.25, -0.2) is 9.48 Å².